The molecule has 0 amide bonds. The molecule has 0 spiro atoms. The van der Waals surface area contributed by atoms with Gasteiger partial charge in [-0.25, -0.2) is 9.59 Å². The van der Waals surface area contributed by atoms with E-state index in [0.29, 0.717) is 34.5 Å². The first-order chi connectivity index (χ1) is 22.4. The molecule has 7 nitrogen and oxygen atoms in total. The number of piperazine rings is 1. The van der Waals surface area contributed by atoms with Gasteiger partial charge in [0, 0.05) is 43.1 Å². The third-order valence-electron chi connectivity index (χ3n) is 8.90. The highest BCUT2D eigenvalue weighted by atomic mass is 16.6. The number of carbonyl (C=O) groups is 2. The van der Waals surface area contributed by atoms with Crippen molar-refractivity contribution in [1.82, 2.24) is 15.1 Å². The molecule has 1 fully saturated rings. The second-order valence-corrected chi connectivity index (χ2v) is 11.8. The summed E-state index contributed by atoms with van der Waals surface area (Å²) in [7, 11) is 1.35. The predicted octanol–water partition coefficient (Wildman–Crippen LogP) is 6.15. The molecule has 0 bridgehead atoms. The lowest BCUT2D eigenvalue weighted by Crippen LogP contribution is -2.52. The lowest BCUT2D eigenvalue weighted by molar-refractivity contribution is -0.157. The zero-order valence-electron chi connectivity index (χ0n) is 27.2. The summed E-state index contributed by atoms with van der Waals surface area (Å²) in [5.41, 5.74) is 5.93. The van der Waals surface area contributed by atoms with Gasteiger partial charge in [-0.3, -0.25) is 9.80 Å². The summed E-state index contributed by atoms with van der Waals surface area (Å²) < 4.78 is 11.5. The fraction of sp³-hybridized carbons (Fsp3) is 0.333. The fourth-order valence-electron chi connectivity index (χ4n) is 6.70. The molecule has 1 saturated heterocycles. The van der Waals surface area contributed by atoms with Crippen molar-refractivity contribution in [2.75, 3.05) is 33.3 Å². The number of ether oxygens (including phenoxy) is 2. The minimum Gasteiger partial charge on any atom is -0.466 e. The number of rotatable bonds is 10. The Bertz CT molecular complexity index is 1590. The number of nitrogens with one attached hydrogen (secondary N) is 1. The Morgan fingerprint density at radius 2 is 1.41 bits per heavy atom. The van der Waals surface area contributed by atoms with E-state index in [9.17, 15) is 9.59 Å². The van der Waals surface area contributed by atoms with Gasteiger partial charge in [0.1, 0.15) is 0 Å². The Labute approximate surface area is 272 Å². The molecule has 5 rings (SSSR count). The zero-order valence-corrected chi connectivity index (χ0v) is 27.2. The SMILES string of the molecule is C#Cc1cccc(C2C(C(=O)OC)=C(C)NC(C)=C2C(=O)OC(CCC)N2CCN(C(c3ccccc3)c3ccccc3)CC2)c1. The second kappa shape index (κ2) is 15.1. The molecular formula is C39H43N3O4. The van der Waals surface area contributed by atoms with Gasteiger partial charge in [-0.15, -0.1) is 6.42 Å². The third kappa shape index (κ3) is 7.09. The average Bonchev–Trinajstić information content (AvgIpc) is 3.09. The molecule has 3 aromatic carbocycles. The highest BCUT2D eigenvalue weighted by molar-refractivity contribution is 6.00. The Kier molecular flexibility index (Phi) is 10.7. The molecule has 7 heteroatoms. The minimum absolute atomic E-state index is 0.143. The number of dihydropyridines is 1. The van der Waals surface area contributed by atoms with E-state index in [0.717, 1.165) is 38.2 Å². The van der Waals surface area contributed by atoms with Crippen LogP contribution in [0.1, 0.15) is 67.8 Å². The lowest BCUT2D eigenvalue weighted by atomic mass is 9.80. The second-order valence-electron chi connectivity index (χ2n) is 11.8. The third-order valence-corrected chi connectivity index (χ3v) is 8.90. The Hall–Kier alpha value is -4.64. The topological polar surface area (TPSA) is 71.1 Å². The van der Waals surface area contributed by atoms with E-state index in [2.05, 4.69) is 76.5 Å². The maximum absolute atomic E-state index is 14.2. The number of allylic oxidation sites excluding steroid dienone is 2. The van der Waals surface area contributed by atoms with Crippen LogP contribution in [-0.4, -0.2) is 61.3 Å². The van der Waals surface area contributed by atoms with Crippen LogP contribution in [0.5, 0.6) is 0 Å². The molecule has 46 heavy (non-hydrogen) atoms. The standard InChI is InChI=1S/C39H43N3O4/c1-6-15-33(41-22-24-42(25-23-41)37(30-17-10-8-11-18-30)31-19-12-9-13-20-31)46-39(44)35-28(4)40-27(3)34(38(43)45-5)36(35)32-21-14-16-29(7-2)26-32/h2,8-14,16-21,26,33,36-37,40H,6,15,22-25H2,1,3-5H3. The first-order valence-corrected chi connectivity index (χ1v) is 16.0. The summed E-state index contributed by atoms with van der Waals surface area (Å²) in [6.45, 7) is 8.91. The van der Waals surface area contributed by atoms with Crippen molar-refractivity contribution in [2.45, 2.75) is 51.8 Å². The molecule has 238 valence electrons. The summed E-state index contributed by atoms with van der Waals surface area (Å²) in [6.07, 6.45) is 6.86. The van der Waals surface area contributed by atoms with Crippen molar-refractivity contribution in [3.8, 4) is 12.3 Å². The van der Waals surface area contributed by atoms with E-state index in [4.69, 9.17) is 15.9 Å². The van der Waals surface area contributed by atoms with Crippen LogP contribution in [0.2, 0.25) is 0 Å². The average molecular weight is 618 g/mol. The van der Waals surface area contributed by atoms with Crippen LogP contribution in [0.3, 0.4) is 0 Å². The van der Waals surface area contributed by atoms with Gasteiger partial charge in [-0.05, 0) is 49.1 Å². The molecule has 1 N–H and O–H groups in total. The number of benzene rings is 3. The quantitative estimate of drug-likeness (QED) is 0.216. The van der Waals surface area contributed by atoms with Gasteiger partial charge in [0.25, 0.3) is 0 Å². The van der Waals surface area contributed by atoms with Crippen LogP contribution < -0.4 is 5.32 Å². The monoisotopic (exact) mass is 617 g/mol. The van der Waals surface area contributed by atoms with Gasteiger partial charge in [0.2, 0.25) is 0 Å². The number of esters is 2. The van der Waals surface area contributed by atoms with E-state index in [-0.39, 0.29) is 6.04 Å². The van der Waals surface area contributed by atoms with Crippen molar-refractivity contribution in [3.05, 3.63) is 130 Å². The summed E-state index contributed by atoms with van der Waals surface area (Å²) >= 11 is 0. The molecule has 0 saturated carbocycles. The molecule has 2 aliphatic rings. The smallest absolute Gasteiger partial charge is 0.338 e. The van der Waals surface area contributed by atoms with Gasteiger partial charge in [-0.1, -0.05) is 92.1 Å². The summed E-state index contributed by atoms with van der Waals surface area (Å²) in [4.78, 5) is 32.1. The van der Waals surface area contributed by atoms with Crippen LogP contribution in [0, 0.1) is 12.3 Å². The first kappa shape index (κ1) is 32.7. The Morgan fingerprint density at radius 3 is 1.96 bits per heavy atom. The largest absolute Gasteiger partial charge is 0.466 e. The van der Waals surface area contributed by atoms with Gasteiger partial charge in [0.15, 0.2) is 6.23 Å². The molecule has 0 radical (unpaired) electrons. The molecule has 2 unspecified atom stereocenters. The van der Waals surface area contributed by atoms with E-state index in [1.54, 1.807) is 0 Å². The maximum Gasteiger partial charge on any atom is 0.338 e. The zero-order chi connectivity index (χ0) is 32.6. The molecular weight excluding hydrogens is 574 g/mol. The maximum atomic E-state index is 14.2. The molecule has 3 aromatic rings. The van der Waals surface area contributed by atoms with Crippen LogP contribution in [-0.2, 0) is 19.1 Å². The lowest BCUT2D eigenvalue weighted by Gasteiger charge is -2.42. The Morgan fingerprint density at radius 1 is 0.848 bits per heavy atom. The van der Waals surface area contributed by atoms with Crippen molar-refractivity contribution >= 4 is 11.9 Å². The highest BCUT2D eigenvalue weighted by Crippen LogP contribution is 2.40. The molecule has 0 aromatic heterocycles. The summed E-state index contributed by atoms with van der Waals surface area (Å²) in [5.74, 6) is 1.01. The van der Waals surface area contributed by atoms with Crippen molar-refractivity contribution in [1.29, 1.82) is 0 Å². The van der Waals surface area contributed by atoms with Crippen molar-refractivity contribution in [3.63, 3.8) is 0 Å². The van der Waals surface area contributed by atoms with Crippen molar-refractivity contribution in [2.24, 2.45) is 0 Å². The van der Waals surface area contributed by atoms with Crippen LogP contribution in [0.25, 0.3) is 0 Å². The van der Waals surface area contributed by atoms with Gasteiger partial charge in [-0.2, -0.15) is 0 Å². The predicted molar refractivity (Wildman–Crippen MR) is 180 cm³/mol. The van der Waals surface area contributed by atoms with E-state index >= 15 is 0 Å². The number of carbonyl (C=O) groups excluding carboxylic acids is 2. The van der Waals surface area contributed by atoms with Crippen LogP contribution >= 0.6 is 0 Å². The van der Waals surface area contributed by atoms with E-state index in [1.165, 1.54) is 18.2 Å². The summed E-state index contributed by atoms with van der Waals surface area (Å²) in [6, 6.07) is 28.7. The summed E-state index contributed by atoms with van der Waals surface area (Å²) in [5, 5.41) is 3.24. The Balaban J connectivity index is 1.38. The van der Waals surface area contributed by atoms with E-state index in [1.807, 2.05) is 50.2 Å². The van der Waals surface area contributed by atoms with Crippen LogP contribution in [0.15, 0.2) is 107 Å². The number of terminal acetylenes is 1. The first-order valence-electron chi connectivity index (χ1n) is 16.0. The number of methoxy groups -OCH3 is 1. The van der Waals surface area contributed by atoms with E-state index < -0.39 is 24.1 Å². The van der Waals surface area contributed by atoms with Crippen LogP contribution in [0.4, 0.5) is 0 Å². The van der Waals surface area contributed by atoms with Gasteiger partial charge < -0.3 is 14.8 Å². The highest BCUT2D eigenvalue weighted by Gasteiger charge is 2.39. The molecule has 2 atom stereocenters. The number of hydrogen-bond acceptors (Lipinski definition) is 7. The van der Waals surface area contributed by atoms with Gasteiger partial charge >= 0.3 is 11.9 Å². The number of hydrogen-bond donors (Lipinski definition) is 1. The minimum atomic E-state index is -0.689. The fourth-order valence-corrected chi connectivity index (χ4v) is 6.70. The normalized spacial score (nSPS) is 18.1. The van der Waals surface area contributed by atoms with Crippen molar-refractivity contribution < 1.29 is 19.1 Å². The van der Waals surface area contributed by atoms with Gasteiger partial charge in [0.05, 0.1) is 30.2 Å². The molecule has 2 aliphatic heterocycles. The molecule has 2 heterocycles. The molecule has 0 aliphatic carbocycles. The number of nitrogens with zero attached hydrogens (tertiary/aromatic N) is 2.